The van der Waals surface area contributed by atoms with Gasteiger partial charge in [-0.25, -0.2) is 0 Å². The first kappa shape index (κ1) is 18.8. The van der Waals surface area contributed by atoms with Crippen LogP contribution >= 0.6 is 27.5 Å². The van der Waals surface area contributed by atoms with E-state index >= 15 is 0 Å². The standard InChI is InChI=1S/C18H21BrClN3O/c1-21-18(22-10-14-7-8-16(19)9-17(14)20)23-11-15(12-24)13-5-3-2-4-6-13/h2-9,15,24H,10-12H2,1H3,(H2,21,22,23). The van der Waals surface area contributed by atoms with Gasteiger partial charge < -0.3 is 15.7 Å². The number of guanidine groups is 1. The Labute approximate surface area is 156 Å². The van der Waals surface area contributed by atoms with Gasteiger partial charge in [0, 0.05) is 35.6 Å². The number of benzene rings is 2. The fourth-order valence-corrected chi connectivity index (χ4v) is 3.04. The van der Waals surface area contributed by atoms with Crippen molar-refractivity contribution in [2.24, 2.45) is 4.99 Å². The van der Waals surface area contributed by atoms with E-state index in [1.54, 1.807) is 7.05 Å². The second kappa shape index (κ2) is 9.67. The summed E-state index contributed by atoms with van der Waals surface area (Å²) in [6, 6.07) is 15.7. The molecule has 0 amide bonds. The fourth-order valence-electron chi connectivity index (χ4n) is 2.30. The predicted molar refractivity (Wildman–Crippen MR) is 104 cm³/mol. The molecule has 0 bridgehead atoms. The molecule has 2 aromatic carbocycles. The Morgan fingerprint density at radius 2 is 1.96 bits per heavy atom. The summed E-state index contributed by atoms with van der Waals surface area (Å²) in [5.41, 5.74) is 2.09. The molecular weight excluding hydrogens is 390 g/mol. The topological polar surface area (TPSA) is 56.7 Å². The minimum atomic E-state index is 0.0148. The Kier molecular flexibility index (Phi) is 7.56. The number of hydrogen-bond acceptors (Lipinski definition) is 2. The lowest BCUT2D eigenvalue weighted by molar-refractivity contribution is 0.265. The van der Waals surface area contributed by atoms with Crippen LogP contribution in [-0.2, 0) is 6.54 Å². The summed E-state index contributed by atoms with van der Waals surface area (Å²) in [4.78, 5) is 4.21. The second-order valence-electron chi connectivity index (χ2n) is 5.33. The van der Waals surface area contributed by atoms with E-state index in [2.05, 4.69) is 31.6 Å². The maximum absolute atomic E-state index is 9.61. The van der Waals surface area contributed by atoms with Crippen LogP contribution in [0.2, 0.25) is 5.02 Å². The van der Waals surface area contributed by atoms with Gasteiger partial charge in [-0.3, -0.25) is 4.99 Å². The lowest BCUT2D eigenvalue weighted by Crippen LogP contribution is -2.39. The number of halogens is 2. The summed E-state index contributed by atoms with van der Waals surface area (Å²) in [5, 5.41) is 16.8. The molecule has 0 aliphatic rings. The lowest BCUT2D eigenvalue weighted by atomic mass is 10.0. The average Bonchev–Trinajstić information content (AvgIpc) is 2.60. The van der Waals surface area contributed by atoms with Crippen molar-refractivity contribution in [2.45, 2.75) is 12.5 Å². The van der Waals surface area contributed by atoms with Gasteiger partial charge in [0.1, 0.15) is 0 Å². The highest BCUT2D eigenvalue weighted by atomic mass is 79.9. The van der Waals surface area contributed by atoms with Crippen LogP contribution in [0.1, 0.15) is 17.0 Å². The highest BCUT2D eigenvalue weighted by Crippen LogP contribution is 2.21. The van der Waals surface area contributed by atoms with E-state index in [4.69, 9.17) is 11.6 Å². The van der Waals surface area contributed by atoms with Crippen LogP contribution in [0.4, 0.5) is 0 Å². The van der Waals surface area contributed by atoms with Gasteiger partial charge in [-0.1, -0.05) is 63.9 Å². The van der Waals surface area contributed by atoms with Gasteiger partial charge in [0.25, 0.3) is 0 Å². The molecule has 0 spiro atoms. The number of nitrogens with zero attached hydrogens (tertiary/aromatic N) is 1. The molecule has 0 saturated carbocycles. The van der Waals surface area contributed by atoms with Crippen molar-refractivity contribution >= 4 is 33.5 Å². The molecule has 1 unspecified atom stereocenters. The van der Waals surface area contributed by atoms with E-state index < -0.39 is 0 Å². The third kappa shape index (κ3) is 5.51. The molecule has 0 aromatic heterocycles. The molecule has 0 aliphatic heterocycles. The van der Waals surface area contributed by atoms with Crippen molar-refractivity contribution in [1.29, 1.82) is 0 Å². The molecule has 0 heterocycles. The van der Waals surface area contributed by atoms with E-state index in [0.29, 0.717) is 24.1 Å². The zero-order chi connectivity index (χ0) is 17.4. The number of hydrogen-bond donors (Lipinski definition) is 3. The van der Waals surface area contributed by atoms with Crippen molar-refractivity contribution in [3.05, 3.63) is 69.2 Å². The first-order chi connectivity index (χ1) is 11.6. The minimum absolute atomic E-state index is 0.0148. The molecule has 0 saturated heterocycles. The highest BCUT2D eigenvalue weighted by molar-refractivity contribution is 9.10. The minimum Gasteiger partial charge on any atom is -0.396 e. The summed E-state index contributed by atoms with van der Waals surface area (Å²) < 4.78 is 0.951. The van der Waals surface area contributed by atoms with E-state index in [1.165, 1.54) is 0 Å². The number of aliphatic hydroxyl groups is 1. The van der Waals surface area contributed by atoms with Crippen molar-refractivity contribution in [3.63, 3.8) is 0 Å². The van der Waals surface area contributed by atoms with Crippen LogP contribution in [0.3, 0.4) is 0 Å². The summed E-state index contributed by atoms with van der Waals surface area (Å²) >= 11 is 9.62. The third-order valence-electron chi connectivity index (χ3n) is 3.69. The van der Waals surface area contributed by atoms with E-state index in [1.807, 2.05) is 48.5 Å². The number of nitrogens with one attached hydrogen (secondary N) is 2. The Morgan fingerprint density at radius 3 is 2.58 bits per heavy atom. The zero-order valence-electron chi connectivity index (χ0n) is 13.5. The summed E-state index contributed by atoms with van der Waals surface area (Å²) in [6.45, 7) is 1.24. The van der Waals surface area contributed by atoms with Crippen LogP contribution in [0.5, 0.6) is 0 Å². The maximum atomic E-state index is 9.61. The van der Waals surface area contributed by atoms with Crippen molar-refractivity contribution in [1.82, 2.24) is 10.6 Å². The molecule has 24 heavy (non-hydrogen) atoms. The first-order valence-electron chi connectivity index (χ1n) is 7.68. The Bertz CT molecular complexity index is 679. The molecule has 3 N–H and O–H groups in total. The number of rotatable bonds is 6. The van der Waals surface area contributed by atoms with Gasteiger partial charge in [0.15, 0.2) is 5.96 Å². The largest absolute Gasteiger partial charge is 0.396 e. The summed E-state index contributed by atoms with van der Waals surface area (Å²) in [6.07, 6.45) is 0. The lowest BCUT2D eigenvalue weighted by Gasteiger charge is -2.18. The maximum Gasteiger partial charge on any atom is 0.191 e. The van der Waals surface area contributed by atoms with Crippen molar-refractivity contribution in [2.75, 3.05) is 20.2 Å². The Hall–Kier alpha value is -1.56. The fraction of sp³-hybridized carbons (Fsp3) is 0.278. The summed E-state index contributed by atoms with van der Waals surface area (Å²) in [7, 11) is 1.72. The van der Waals surface area contributed by atoms with Crippen LogP contribution in [0.15, 0.2) is 58.0 Å². The molecule has 4 nitrogen and oxygen atoms in total. The van der Waals surface area contributed by atoms with Crippen LogP contribution in [0.25, 0.3) is 0 Å². The van der Waals surface area contributed by atoms with Crippen molar-refractivity contribution < 1.29 is 5.11 Å². The van der Waals surface area contributed by atoms with Crippen LogP contribution < -0.4 is 10.6 Å². The van der Waals surface area contributed by atoms with Gasteiger partial charge in [0.2, 0.25) is 0 Å². The van der Waals surface area contributed by atoms with Gasteiger partial charge in [-0.2, -0.15) is 0 Å². The average molecular weight is 411 g/mol. The molecule has 128 valence electrons. The molecule has 6 heteroatoms. The van der Waals surface area contributed by atoms with Crippen molar-refractivity contribution in [3.8, 4) is 0 Å². The molecule has 1 atom stereocenters. The van der Waals surface area contributed by atoms with Crippen LogP contribution in [-0.4, -0.2) is 31.3 Å². The number of aliphatic hydroxyl groups excluding tert-OH is 1. The molecule has 0 radical (unpaired) electrons. The van der Waals surface area contributed by atoms with Gasteiger partial charge in [0.05, 0.1) is 6.61 Å². The molecular formula is C18H21BrClN3O. The van der Waals surface area contributed by atoms with E-state index in [-0.39, 0.29) is 12.5 Å². The smallest absolute Gasteiger partial charge is 0.191 e. The van der Waals surface area contributed by atoms with Gasteiger partial charge in [-0.05, 0) is 23.3 Å². The van der Waals surface area contributed by atoms with Crippen LogP contribution in [0, 0.1) is 0 Å². The van der Waals surface area contributed by atoms with Gasteiger partial charge in [-0.15, -0.1) is 0 Å². The third-order valence-corrected chi connectivity index (χ3v) is 4.54. The van der Waals surface area contributed by atoms with Gasteiger partial charge >= 0.3 is 0 Å². The normalized spacial score (nSPS) is 12.8. The quantitative estimate of drug-likeness (QED) is 0.504. The molecule has 2 aromatic rings. The Balaban J connectivity index is 1.90. The Morgan fingerprint density at radius 1 is 1.21 bits per heavy atom. The molecule has 0 fully saturated rings. The predicted octanol–water partition coefficient (Wildman–Crippen LogP) is 3.54. The monoisotopic (exact) mass is 409 g/mol. The van der Waals surface area contributed by atoms with E-state index in [0.717, 1.165) is 15.6 Å². The first-order valence-corrected chi connectivity index (χ1v) is 8.85. The molecule has 0 aliphatic carbocycles. The van der Waals surface area contributed by atoms with E-state index in [9.17, 15) is 5.11 Å². The SMILES string of the molecule is CN=C(NCc1ccc(Br)cc1Cl)NCC(CO)c1ccccc1. The number of aliphatic imine (C=N–C) groups is 1. The molecule has 2 rings (SSSR count). The second-order valence-corrected chi connectivity index (χ2v) is 6.66. The summed E-state index contributed by atoms with van der Waals surface area (Å²) in [5.74, 6) is 0.685. The highest BCUT2D eigenvalue weighted by Gasteiger charge is 2.11. The zero-order valence-corrected chi connectivity index (χ0v) is 15.8.